The average molecular weight is 214 g/mol. The fraction of sp³-hybridized carbons (Fsp3) is 1.00. The van der Waals surface area contributed by atoms with Gasteiger partial charge in [-0.15, -0.1) is 0 Å². The summed E-state index contributed by atoms with van der Waals surface area (Å²) in [5, 5.41) is 3.73. The monoisotopic (exact) mass is 214 g/mol. The summed E-state index contributed by atoms with van der Waals surface area (Å²) in [5.74, 6) is 4.42. The predicted molar refractivity (Wildman–Crippen MR) is 63.6 cm³/mol. The van der Waals surface area contributed by atoms with Crippen LogP contribution in [0.25, 0.3) is 0 Å². The van der Waals surface area contributed by atoms with Gasteiger partial charge in [-0.1, -0.05) is 6.92 Å². The molecule has 3 unspecified atom stereocenters. The molecule has 82 valence electrons. The number of hydrogen-bond acceptors (Lipinski definition) is 3. The van der Waals surface area contributed by atoms with E-state index in [2.05, 4.69) is 24.0 Å². The third kappa shape index (κ3) is 2.44. The number of nitrogens with one attached hydrogen (secondary N) is 1. The van der Waals surface area contributed by atoms with Crippen LogP contribution in [0.2, 0.25) is 0 Å². The second-order valence-corrected chi connectivity index (χ2v) is 6.10. The second kappa shape index (κ2) is 4.42. The van der Waals surface area contributed by atoms with E-state index >= 15 is 0 Å². The van der Waals surface area contributed by atoms with Gasteiger partial charge >= 0.3 is 0 Å². The van der Waals surface area contributed by atoms with Gasteiger partial charge in [0.2, 0.25) is 0 Å². The normalized spacial score (nSPS) is 42.4. The molecule has 14 heavy (non-hydrogen) atoms. The molecule has 2 rings (SSSR count). The lowest BCUT2D eigenvalue weighted by Crippen LogP contribution is -2.55. The van der Waals surface area contributed by atoms with Crippen molar-refractivity contribution in [2.24, 2.45) is 17.6 Å². The molecule has 3 heteroatoms. The lowest BCUT2D eigenvalue weighted by molar-refractivity contribution is 0.330. The van der Waals surface area contributed by atoms with E-state index in [0.29, 0.717) is 0 Å². The lowest BCUT2D eigenvalue weighted by Gasteiger charge is -2.37. The van der Waals surface area contributed by atoms with Crippen LogP contribution in [0.1, 0.15) is 26.2 Å². The van der Waals surface area contributed by atoms with Gasteiger partial charge in [-0.3, -0.25) is 0 Å². The van der Waals surface area contributed by atoms with Gasteiger partial charge in [0.25, 0.3) is 0 Å². The number of thioether (sulfide) groups is 1. The first kappa shape index (κ1) is 10.8. The Balaban J connectivity index is 1.78. The molecule has 2 fully saturated rings. The predicted octanol–water partition coefficient (Wildman–Crippen LogP) is 1.46. The van der Waals surface area contributed by atoms with E-state index in [1.165, 1.54) is 37.3 Å². The Kier molecular flexibility index (Phi) is 3.40. The molecule has 0 bridgehead atoms. The van der Waals surface area contributed by atoms with Crippen LogP contribution in [-0.4, -0.2) is 30.1 Å². The summed E-state index contributed by atoms with van der Waals surface area (Å²) in [4.78, 5) is 0. The maximum absolute atomic E-state index is 5.90. The molecule has 3 atom stereocenters. The average Bonchev–Trinajstić information content (AvgIpc) is 2.93. The Labute approximate surface area is 91.4 Å². The minimum atomic E-state index is 0.269. The number of hydrogen-bond donors (Lipinski definition) is 2. The summed E-state index contributed by atoms with van der Waals surface area (Å²) < 4.78 is 0. The van der Waals surface area contributed by atoms with Crippen molar-refractivity contribution < 1.29 is 0 Å². The Morgan fingerprint density at radius 3 is 2.86 bits per heavy atom. The molecule has 1 aliphatic heterocycles. The fourth-order valence-corrected chi connectivity index (χ4v) is 3.50. The SMILES string of the molecule is CC1CC1CNC1(CN)CCCSC1. The van der Waals surface area contributed by atoms with Gasteiger partial charge in [0, 0.05) is 17.8 Å². The molecule has 3 N–H and O–H groups in total. The summed E-state index contributed by atoms with van der Waals surface area (Å²) >= 11 is 2.06. The third-order valence-corrected chi connectivity index (χ3v) is 5.06. The smallest absolute Gasteiger partial charge is 0.0395 e. The van der Waals surface area contributed by atoms with E-state index < -0.39 is 0 Å². The Hall–Kier alpha value is 0.270. The Bertz CT molecular complexity index is 190. The summed E-state index contributed by atoms with van der Waals surface area (Å²) in [6, 6.07) is 0. The van der Waals surface area contributed by atoms with Crippen molar-refractivity contribution in [2.75, 3.05) is 24.6 Å². The molecule has 1 saturated heterocycles. The van der Waals surface area contributed by atoms with Gasteiger partial charge < -0.3 is 11.1 Å². The maximum atomic E-state index is 5.90. The number of rotatable bonds is 4. The number of nitrogens with two attached hydrogens (primary N) is 1. The van der Waals surface area contributed by atoms with Crippen LogP contribution in [-0.2, 0) is 0 Å². The van der Waals surface area contributed by atoms with E-state index in [1.54, 1.807) is 0 Å². The molecule has 1 heterocycles. The lowest BCUT2D eigenvalue weighted by atomic mass is 9.95. The highest BCUT2D eigenvalue weighted by Gasteiger charge is 2.36. The van der Waals surface area contributed by atoms with E-state index in [4.69, 9.17) is 5.73 Å². The third-order valence-electron chi connectivity index (χ3n) is 3.73. The molecule has 0 amide bonds. The first-order chi connectivity index (χ1) is 6.76. The van der Waals surface area contributed by atoms with E-state index in [0.717, 1.165) is 18.4 Å². The van der Waals surface area contributed by atoms with Gasteiger partial charge in [0.1, 0.15) is 0 Å². The molecular weight excluding hydrogens is 192 g/mol. The standard InChI is InChI=1S/C11H22N2S/c1-9-5-10(9)6-13-11(7-12)3-2-4-14-8-11/h9-10,13H,2-8,12H2,1H3. The molecule has 0 aromatic rings. The van der Waals surface area contributed by atoms with Crippen LogP contribution in [0, 0.1) is 11.8 Å². The molecule has 0 spiro atoms. The zero-order valence-corrected chi connectivity index (χ0v) is 9.91. The van der Waals surface area contributed by atoms with Gasteiger partial charge in [0.05, 0.1) is 0 Å². The van der Waals surface area contributed by atoms with E-state index in [1.807, 2.05) is 0 Å². The van der Waals surface area contributed by atoms with Crippen LogP contribution in [0.15, 0.2) is 0 Å². The quantitative estimate of drug-likeness (QED) is 0.744. The molecule has 1 aliphatic carbocycles. The summed E-state index contributed by atoms with van der Waals surface area (Å²) in [6.45, 7) is 4.34. The fourth-order valence-electron chi connectivity index (χ4n) is 2.26. The van der Waals surface area contributed by atoms with E-state index in [-0.39, 0.29) is 5.54 Å². The van der Waals surface area contributed by atoms with Crippen molar-refractivity contribution in [3.63, 3.8) is 0 Å². The van der Waals surface area contributed by atoms with Crippen LogP contribution in [0.3, 0.4) is 0 Å². The van der Waals surface area contributed by atoms with Crippen molar-refractivity contribution in [2.45, 2.75) is 31.7 Å². The second-order valence-electron chi connectivity index (χ2n) is 4.99. The Morgan fingerprint density at radius 2 is 2.36 bits per heavy atom. The molecule has 0 aromatic carbocycles. The highest BCUT2D eigenvalue weighted by molar-refractivity contribution is 7.99. The van der Waals surface area contributed by atoms with Gasteiger partial charge in [-0.2, -0.15) is 11.8 Å². The summed E-state index contributed by atoms with van der Waals surface area (Å²) in [6.07, 6.45) is 4.02. The zero-order chi connectivity index (χ0) is 10.0. The van der Waals surface area contributed by atoms with Crippen molar-refractivity contribution >= 4 is 11.8 Å². The van der Waals surface area contributed by atoms with Crippen molar-refractivity contribution in [1.29, 1.82) is 0 Å². The molecule has 0 aromatic heterocycles. The summed E-state index contributed by atoms with van der Waals surface area (Å²) in [5.41, 5.74) is 6.17. The zero-order valence-electron chi connectivity index (χ0n) is 9.09. The Morgan fingerprint density at radius 1 is 1.57 bits per heavy atom. The van der Waals surface area contributed by atoms with Gasteiger partial charge in [-0.05, 0) is 43.4 Å². The highest BCUT2D eigenvalue weighted by atomic mass is 32.2. The van der Waals surface area contributed by atoms with Gasteiger partial charge in [-0.25, -0.2) is 0 Å². The van der Waals surface area contributed by atoms with Crippen molar-refractivity contribution in [3.05, 3.63) is 0 Å². The molecule has 0 radical (unpaired) electrons. The van der Waals surface area contributed by atoms with Crippen LogP contribution < -0.4 is 11.1 Å². The van der Waals surface area contributed by atoms with Crippen molar-refractivity contribution in [1.82, 2.24) is 5.32 Å². The van der Waals surface area contributed by atoms with Gasteiger partial charge in [0.15, 0.2) is 0 Å². The molecule has 1 saturated carbocycles. The first-order valence-corrected chi connectivity index (χ1v) is 6.94. The molecule has 2 nitrogen and oxygen atoms in total. The van der Waals surface area contributed by atoms with E-state index in [9.17, 15) is 0 Å². The minimum absolute atomic E-state index is 0.269. The maximum Gasteiger partial charge on any atom is 0.0395 e. The largest absolute Gasteiger partial charge is 0.329 e. The molecule has 2 aliphatic rings. The highest BCUT2D eigenvalue weighted by Crippen LogP contribution is 2.37. The topological polar surface area (TPSA) is 38.0 Å². The first-order valence-electron chi connectivity index (χ1n) is 5.79. The van der Waals surface area contributed by atoms with Crippen molar-refractivity contribution in [3.8, 4) is 0 Å². The van der Waals surface area contributed by atoms with Crippen LogP contribution >= 0.6 is 11.8 Å². The minimum Gasteiger partial charge on any atom is -0.329 e. The molecular formula is C11H22N2S. The summed E-state index contributed by atoms with van der Waals surface area (Å²) in [7, 11) is 0. The van der Waals surface area contributed by atoms with Crippen LogP contribution in [0.4, 0.5) is 0 Å². The van der Waals surface area contributed by atoms with Crippen LogP contribution in [0.5, 0.6) is 0 Å².